The van der Waals surface area contributed by atoms with Crippen molar-refractivity contribution < 1.29 is 9.18 Å². The number of ketones is 1. The molecule has 1 rings (SSSR count). The van der Waals surface area contributed by atoms with E-state index < -0.39 is 6.17 Å². The van der Waals surface area contributed by atoms with Crippen LogP contribution in [0.15, 0.2) is 41.8 Å². The number of carbonyl (C=O) groups excluding carboxylic acids is 1. The van der Waals surface area contributed by atoms with Crippen molar-refractivity contribution in [3.05, 3.63) is 42.5 Å². The number of Topliss-reactive ketones (excluding diaryl/α,β-unsaturated/α-hetero) is 1. The first-order valence-corrected chi connectivity index (χ1v) is 6.09. The van der Waals surface area contributed by atoms with Crippen LogP contribution in [0.1, 0.15) is 12.0 Å². The largest absolute Gasteiger partial charge is 0.295 e. The maximum atomic E-state index is 13.1. The molecule has 0 N–H and O–H groups in total. The van der Waals surface area contributed by atoms with Crippen molar-refractivity contribution in [1.82, 2.24) is 0 Å². The number of thioether (sulfide) groups is 1. The van der Waals surface area contributed by atoms with Crippen LogP contribution in [0.3, 0.4) is 0 Å². The molecular formula is C13H15FOS. The minimum absolute atomic E-state index is 0.104. The molecule has 0 fully saturated rings. The molecule has 1 aromatic carbocycles. The van der Waals surface area contributed by atoms with Gasteiger partial charge in [-0.15, -0.1) is 18.3 Å². The van der Waals surface area contributed by atoms with E-state index in [0.717, 1.165) is 4.90 Å². The molecule has 0 heterocycles. The van der Waals surface area contributed by atoms with Gasteiger partial charge in [-0.05, 0) is 19.1 Å². The van der Waals surface area contributed by atoms with Crippen LogP contribution >= 0.6 is 11.8 Å². The summed E-state index contributed by atoms with van der Waals surface area (Å²) in [7, 11) is 0. The summed E-state index contributed by atoms with van der Waals surface area (Å²) in [6.07, 6.45) is 0.127. The summed E-state index contributed by atoms with van der Waals surface area (Å²) in [5, 5.41) is 0. The molecule has 0 radical (unpaired) electrons. The standard InChI is InChI=1S/C13H15FOS/c1-3-4-12(14)13(15)9-16-11-7-5-10(2)6-8-11/h3,5-8,12H,1,4,9H2,2H3. The van der Waals surface area contributed by atoms with Crippen LogP contribution < -0.4 is 0 Å². The molecule has 86 valence electrons. The number of benzene rings is 1. The fraction of sp³-hybridized carbons (Fsp3) is 0.308. The van der Waals surface area contributed by atoms with Gasteiger partial charge < -0.3 is 0 Å². The minimum atomic E-state index is -1.41. The van der Waals surface area contributed by atoms with Crippen molar-refractivity contribution in [3.63, 3.8) is 0 Å². The van der Waals surface area contributed by atoms with Crippen molar-refractivity contribution in [1.29, 1.82) is 0 Å². The number of alkyl halides is 1. The van der Waals surface area contributed by atoms with E-state index in [1.54, 1.807) is 0 Å². The third-order valence-electron chi connectivity index (χ3n) is 2.13. The first kappa shape index (κ1) is 13.0. The molecule has 0 aliphatic rings. The topological polar surface area (TPSA) is 17.1 Å². The fourth-order valence-electron chi connectivity index (χ4n) is 1.16. The third-order valence-corrected chi connectivity index (χ3v) is 3.16. The molecule has 0 aliphatic carbocycles. The monoisotopic (exact) mass is 238 g/mol. The van der Waals surface area contributed by atoms with Gasteiger partial charge in [0.25, 0.3) is 0 Å². The first-order valence-electron chi connectivity index (χ1n) is 5.10. The zero-order valence-corrected chi connectivity index (χ0v) is 10.1. The number of carbonyl (C=O) groups is 1. The van der Waals surface area contributed by atoms with E-state index in [-0.39, 0.29) is 18.0 Å². The Morgan fingerprint density at radius 3 is 2.69 bits per heavy atom. The van der Waals surface area contributed by atoms with Crippen molar-refractivity contribution in [2.24, 2.45) is 0 Å². The summed E-state index contributed by atoms with van der Waals surface area (Å²) in [5.41, 5.74) is 1.17. The molecule has 0 bridgehead atoms. The Bertz CT molecular complexity index is 359. The molecule has 1 aromatic rings. The quantitative estimate of drug-likeness (QED) is 0.556. The Labute approximate surface area is 99.7 Å². The van der Waals surface area contributed by atoms with E-state index in [2.05, 4.69) is 6.58 Å². The predicted octanol–water partition coefficient (Wildman–Crippen LogP) is 3.57. The predicted molar refractivity (Wildman–Crippen MR) is 66.6 cm³/mol. The first-order chi connectivity index (χ1) is 7.63. The zero-order chi connectivity index (χ0) is 12.0. The van der Waals surface area contributed by atoms with E-state index in [0.29, 0.717) is 0 Å². The smallest absolute Gasteiger partial charge is 0.177 e. The Hall–Kier alpha value is -1.09. The Morgan fingerprint density at radius 1 is 1.50 bits per heavy atom. The molecular weight excluding hydrogens is 223 g/mol. The highest BCUT2D eigenvalue weighted by Gasteiger charge is 2.15. The van der Waals surface area contributed by atoms with Gasteiger partial charge in [-0.1, -0.05) is 23.8 Å². The van der Waals surface area contributed by atoms with Gasteiger partial charge in [0.15, 0.2) is 12.0 Å². The summed E-state index contributed by atoms with van der Waals surface area (Å²) in [6.45, 7) is 5.41. The van der Waals surface area contributed by atoms with E-state index in [9.17, 15) is 9.18 Å². The molecule has 0 saturated heterocycles. The SMILES string of the molecule is C=CCC(F)C(=O)CSc1ccc(C)cc1. The Kier molecular flexibility index (Phi) is 5.26. The Balaban J connectivity index is 2.42. The normalized spacial score (nSPS) is 12.1. The van der Waals surface area contributed by atoms with Crippen molar-refractivity contribution in [2.45, 2.75) is 24.4 Å². The second-order valence-electron chi connectivity index (χ2n) is 3.56. The molecule has 0 aliphatic heterocycles. The highest BCUT2D eigenvalue weighted by Crippen LogP contribution is 2.19. The molecule has 0 saturated carbocycles. The average molecular weight is 238 g/mol. The number of halogens is 1. The second kappa shape index (κ2) is 6.48. The van der Waals surface area contributed by atoms with Crippen LogP contribution in [0.5, 0.6) is 0 Å². The molecule has 0 amide bonds. The van der Waals surface area contributed by atoms with Crippen LogP contribution in [0.2, 0.25) is 0 Å². The van der Waals surface area contributed by atoms with Crippen molar-refractivity contribution in [3.8, 4) is 0 Å². The van der Waals surface area contributed by atoms with Gasteiger partial charge in [0, 0.05) is 11.3 Å². The molecule has 1 nitrogen and oxygen atoms in total. The highest BCUT2D eigenvalue weighted by atomic mass is 32.2. The van der Waals surface area contributed by atoms with E-state index in [1.807, 2.05) is 31.2 Å². The van der Waals surface area contributed by atoms with Gasteiger partial charge in [-0.2, -0.15) is 0 Å². The summed E-state index contributed by atoms with van der Waals surface area (Å²) < 4.78 is 13.1. The van der Waals surface area contributed by atoms with Crippen LogP contribution in [0, 0.1) is 6.92 Å². The molecule has 1 unspecified atom stereocenters. The Morgan fingerprint density at radius 2 is 2.12 bits per heavy atom. The van der Waals surface area contributed by atoms with E-state index >= 15 is 0 Å². The van der Waals surface area contributed by atoms with Gasteiger partial charge >= 0.3 is 0 Å². The molecule has 16 heavy (non-hydrogen) atoms. The maximum Gasteiger partial charge on any atom is 0.177 e. The van der Waals surface area contributed by atoms with Crippen LogP contribution in [0.25, 0.3) is 0 Å². The van der Waals surface area contributed by atoms with Gasteiger partial charge in [0.05, 0.1) is 5.75 Å². The van der Waals surface area contributed by atoms with Crippen LogP contribution in [-0.4, -0.2) is 17.7 Å². The second-order valence-corrected chi connectivity index (χ2v) is 4.61. The summed E-state index contributed by atoms with van der Waals surface area (Å²) in [6, 6.07) is 7.83. The van der Waals surface area contributed by atoms with Crippen LogP contribution in [0.4, 0.5) is 4.39 Å². The van der Waals surface area contributed by atoms with Gasteiger partial charge in [0.2, 0.25) is 0 Å². The molecule has 0 aromatic heterocycles. The van der Waals surface area contributed by atoms with Crippen molar-refractivity contribution >= 4 is 17.5 Å². The third kappa shape index (κ3) is 4.19. The lowest BCUT2D eigenvalue weighted by molar-refractivity contribution is -0.121. The lowest BCUT2D eigenvalue weighted by atomic mass is 10.2. The molecule has 1 atom stereocenters. The maximum absolute atomic E-state index is 13.1. The number of aryl methyl sites for hydroxylation is 1. The summed E-state index contributed by atoms with van der Waals surface area (Å²) in [4.78, 5) is 12.3. The number of allylic oxidation sites excluding steroid dienone is 1. The minimum Gasteiger partial charge on any atom is -0.295 e. The van der Waals surface area contributed by atoms with Gasteiger partial charge in [-0.3, -0.25) is 4.79 Å². The van der Waals surface area contributed by atoms with Gasteiger partial charge in [0.1, 0.15) is 0 Å². The van der Waals surface area contributed by atoms with Gasteiger partial charge in [-0.25, -0.2) is 4.39 Å². The number of hydrogen-bond acceptors (Lipinski definition) is 2. The highest BCUT2D eigenvalue weighted by molar-refractivity contribution is 8.00. The van der Waals surface area contributed by atoms with E-state index in [1.165, 1.54) is 23.4 Å². The lowest BCUT2D eigenvalue weighted by Gasteiger charge is -2.04. The molecule has 0 spiro atoms. The lowest BCUT2D eigenvalue weighted by Crippen LogP contribution is -2.16. The number of rotatable bonds is 6. The molecule has 3 heteroatoms. The fourth-order valence-corrected chi connectivity index (χ4v) is 1.98. The summed E-state index contributed by atoms with van der Waals surface area (Å²) >= 11 is 1.37. The van der Waals surface area contributed by atoms with Crippen molar-refractivity contribution in [2.75, 3.05) is 5.75 Å². The van der Waals surface area contributed by atoms with Crippen LogP contribution in [-0.2, 0) is 4.79 Å². The summed E-state index contributed by atoms with van der Waals surface area (Å²) in [5.74, 6) is -0.191. The van der Waals surface area contributed by atoms with E-state index in [4.69, 9.17) is 0 Å². The number of hydrogen-bond donors (Lipinski definition) is 0. The average Bonchev–Trinajstić information content (AvgIpc) is 2.28. The zero-order valence-electron chi connectivity index (χ0n) is 9.28.